The van der Waals surface area contributed by atoms with Gasteiger partial charge in [0.25, 0.3) is 5.91 Å². The Morgan fingerprint density at radius 3 is 2.59 bits per heavy atom. The molecular weight excluding hydrogens is 448 g/mol. The molecule has 1 N–H and O–H groups in total. The van der Waals surface area contributed by atoms with E-state index in [-0.39, 0.29) is 23.5 Å². The highest BCUT2D eigenvalue weighted by Crippen LogP contribution is 2.33. The summed E-state index contributed by atoms with van der Waals surface area (Å²) in [6, 6.07) is 1.66. The second-order valence-electron chi connectivity index (χ2n) is 8.67. The quantitative estimate of drug-likeness (QED) is 0.685. The van der Waals surface area contributed by atoms with Crippen LogP contribution in [0.25, 0.3) is 10.7 Å². The molecule has 4 heterocycles. The third-order valence-corrected chi connectivity index (χ3v) is 9.11. The summed E-state index contributed by atoms with van der Waals surface area (Å²) in [5.41, 5.74) is 2.02. The van der Waals surface area contributed by atoms with Gasteiger partial charge in [0.1, 0.15) is 14.8 Å². The van der Waals surface area contributed by atoms with Crippen molar-refractivity contribution in [2.24, 2.45) is 7.05 Å². The molecule has 1 unspecified atom stereocenters. The van der Waals surface area contributed by atoms with Crippen LogP contribution >= 0.6 is 11.3 Å². The van der Waals surface area contributed by atoms with Gasteiger partial charge in [-0.15, -0.1) is 11.3 Å². The number of aromatic nitrogens is 2. The Morgan fingerprint density at radius 2 is 1.94 bits per heavy atom. The number of sulfonamides is 1. The van der Waals surface area contributed by atoms with Crippen molar-refractivity contribution in [3.8, 4) is 10.7 Å². The lowest BCUT2D eigenvalue weighted by atomic mass is 10.2. The first-order valence-electron chi connectivity index (χ1n) is 11.3. The average Bonchev–Trinajstić information content (AvgIpc) is 3.42. The second kappa shape index (κ2) is 9.62. The molecule has 0 saturated carbocycles. The number of carbonyl (C=O) groups excluding carboxylic acids is 1. The molecule has 2 fully saturated rings. The van der Waals surface area contributed by atoms with E-state index in [1.54, 1.807) is 13.0 Å². The van der Waals surface area contributed by atoms with Gasteiger partial charge in [-0.2, -0.15) is 0 Å². The number of hydrogen-bond acceptors (Lipinski definition) is 6. The molecule has 0 aliphatic carbocycles. The van der Waals surface area contributed by atoms with Crippen molar-refractivity contribution in [2.45, 2.75) is 63.4 Å². The molecule has 0 radical (unpaired) electrons. The monoisotopic (exact) mass is 480 g/mol. The highest BCUT2D eigenvalue weighted by molar-refractivity contribution is 7.89. The largest absolute Gasteiger partial charge is 0.377 e. The highest BCUT2D eigenvalue weighted by atomic mass is 32.2. The number of ether oxygens (including phenoxy) is 1. The molecule has 0 aromatic carbocycles. The third kappa shape index (κ3) is 4.78. The van der Waals surface area contributed by atoms with E-state index in [0.717, 1.165) is 51.6 Å². The Labute approximate surface area is 194 Å². The van der Waals surface area contributed by atoms with Gasteiger partial charge in [0.15, 0.2) is 0 Å². The van der Waals surface area contributed by atoms with Crippen molar-refractivity contribution in [1.29, 1.82) is 0 Å². The number of thiazole rings is 1. The molecule has 2 aromatic rings. The Hall–Kier alpha value is -1.75. The zero-order chi connectivity index (χ0) is 22.9. The molecule has 0 spiro atoms. The lowest BCUT2D eigenvalue weighted by Crippen LogP contribution is -2.32. The Kier molecular flexibility index (Phi) is 7.04. The van der Waals surface area contributed by atoms with Gasteiger partial charge in [-0.25, -0.2) is 18.1 Å². The van der Waals surface area contributed by atoms with Crippen molar-refractivity contribution in [2.75, 3.05) is 26.2 Å². The van der Waals surface area contributed by atoms with Crippen molar-refractivity contribution in [3.63, 3.8) is 0 Å². The number of nitrogens with zero attached hydrogens (tertiary/aromatic N) is 3. The molecule has 8 nitrogen and oxygen atoms in total. The summed E-state index contributed by atoms with van der Waals surface area (Å²) >= 11 is 1.34. The van der Waals surface area contributed by atoms with E-state index in [1.165, 1.54) is 11.3 Å². The minimum absolute atomic E-state index is 0.0326. The zero-order valence-electron chi connectivity index (χ0n) is 19.0. The molecular formula is C22H32N4O4S2. The van der Waals surface area contributed by atoms with E-state index in [2.05, 4.69) is 9.71 Å². The first kappa shape index (κ1) is 23.4. The van der Waals surface area contributed by atoms with Gasteiger partial charge in [0.05, 0.1) is 17.5 Å². The van der Waals surface area contributed by atoms with Crippen LogP contribution in [0.2, 0.25) is 0 Å². The molecule has 2 saturated heterocycles. The van der Waals surface area contributed by atoms with Crippen molar-refractivity contribution < 1.29 is 17.9 Å². The second-order valence-corrected chi connectivity index (χ2v) is 11.4. The normalized spacial score (nSPS) is 20.0. The number of nitrogens with one attached hydrogen (secondary N) is 1. The molecule has 1 atom stereocenters. The minimum Gasteiger partial charge on any atom is -0.377 e. The molecule has 1 amide bonds. The predicted molar refractivity (Wildman–Crippen MR) is 125 cm³/mol. The highest BCUT2D eigenvalue weighted by Gasteiger charge is 2.27. The average molecular weight is 481 g/mol. The molecule has 32 heavy (non-hydrogen) atoms. The molecule has 4 rings (SSSR count). The van der Waals surface area contributed by atoms with Crippen LogP contribution in [0, 0.1) is 13.8 Å². The summed E-state index contributed by atoms with van der Waals surface area (Å²) in [6.07, 6.45) is 6.16. The van der Waals surface area contributed by atoms with E-state index >= 15 is 0 Å². The smallest absolute Gasteiger partial charge is 0.265 e. The van der Waals surface area contributed by atoms with Gasteiger partial charge in [-0.1, -0.05) is 12.8 Å². The van der Waals surface area contributed by atoms with Crippen molar-refractivity contribution in [1.82, 2.24) is 19.2 Å². The van der Waals surface area contributed by atoms with E-state index in [9.17, 15) is 13.2 Å². The number of likely N-dealkylation sites (tertiary alicyclic amines) is 1. The molecule has 2 aliphatic heterocycles. The van der Waals surface area contributed by atoms with Crippen LogP contribution < -0.4 is 4.72 Å². The fourth-order valence-corrected chi connectivity index (χ4v) is 6.80. The van der Waals surface area contributed by atoms with Gasteiger partial charge in [0, 0.05) is 39.0 Å². The maximum absolute atomic E-state index is 13.1. The SMILES string of the molecule is Cc1nc(-c2cc(S(=O)(=O)NCC3CCCO3)c(C)n2C)sc1C(=O)N1CCCCCC1. The lowest BCUT2D eigenvalue weighted by Gasteiger charge is -2.19. The van der Waals surface area contributed by atoms with E-state index < -0.39 is 10.0 Å². The topological polar surface area (TPSA) is 93.5 Å². The molecule has 176 valence electrons. The lowest BCUT2D eigenvalue weighted by molar-refractivity contribution is 0.0765. The number of hydrogen-bond donors (Lipinski definition) is 1. The number of carbonyl (C=O) groups is 1. The number of amides is 1. The van der Waals surface area contributed by atoms with E-state index in [4.69, 9.17) is 4.74 Å². The number of aryl methyl sites for hydroxylation is 1. The van der Waals surface area contributed by atoms with Crippen LogP contribution in [0.3, 0.4) is 0 Å². The van der Waals surface area contributed by atoms with E-state index in [0.29, 0.717) is 33.6 Å². The van der Waals surface area contributed by atoms with Crippen LogP contribution in [-0.2, 0) is 21.8 Å². The molecule has 2 aliphatic rings. The zero-order valence-corrected chi connectivity index (χ0v) is 20.6. The molecule has 2 aromatic heterocycles. The van der Waals surface area contributed by atoms with Gasteiger partial charge in [-0.05, 0) is 45.6 Å². The van der Waals surface area contributed by atoms with Crippen LogP contribution in [0.5, 0.6) is 0 Å². The predicted octanol–water partition coefficient (Wildman–Crippen LogP) is 3.24. The standard InChI is InChI=1S/C22H32N4O4S2/c1-15-20(22(27)26-10-6-4-5-7-11-26)31-21(24-15)18-13-19(16(2)25(18)3)32(28,29)23-14-17-9-8-12-30-17/h13,17,23H,4-12,14H2,1-3H3. The maximum atomic E-state index is 13.1. The van der Waals surface area contributed by atoms with Crippen LogP contribution in [-0.4, -0.2) is 61.1 Å². The third-order valence-electron chi connectivity index (χ3n) is 6.41. The van der Waals surface area contributed by atoms with Gasteiger partial charge >= 0.3 is 0 Å². The first-order chi connectivity index (χ1) is 15.3. The van der Waals surface area contributed by atoms with Gasteiger partial charge in [0.2, 0.25) is 10.0 Å². The van der Waals surface area contributed by atoms with Gasteiger partial charge in [-0.3, -0.25) is 4.79 Å². The van der Waals surface area contributed by atoms with Crippen molar-refractivity contribution >= 4 is 27.3 Å². The molecule has 0 bridgehead atoms. The van der Waals surface area contributed by atoms with E-state index in [1.807, 2.05) is 23.4 Å². The Morgan fingerprint density at radius 1 is 1.22 bits per heavy atom. The summed E-state index contributed by atoms with van der Waals surface area (Å²) < 4.78 is 36.0. The fourth-order valence-electron chi connectivity index (χ4n) is 4.36. The maximum Gasteiger partial charge on any atom is 0.265 e. The Balaban J connectivity index is 1.58. The minimum atomic E-state index is -3.68. The summed E-state index contributed by atoms with van der Waals surface area (Å²) in [6.45, 7) is 6.16. The fraction of sp³-hybridized carbons (Fsp3) is 0.636. The first-order valence-corrected chi connectivity index (χ1v) is 13.6. The summed E-state index contributed by atoms with van der Waals surface area (Å²) in [5, 5.41) is 0.659. The molecule has 10 heteroatoms. The van der Waals surface area contributed by atoms with Crippen LogP contribution in [0.1, 0.15) is 59.6 Å². The summed E-state index contributed by atoms with van der Waals surface area (Å²) in [7, 11) is -1.85. The summed E-state index contributed by atoms with van der Waals surface area (Å²) in [5.74, 6) is 0.0326. The number of rotatable bonds is 6. The Bertz CT molecular complexity index is 1080. The van der Waals surface area contributed by atoms with Crippen molar-refractivity contribution in [3.05, 3.63) is 22.3 Å². The van der Waals surface area contributed by atoms with Crippen LogP contribution in [0.15, 0.2) is 11.0 Å². The summed E-state index contributed by atoms with van der Waals surface area (Å²) in [4.78, 5) is 20.6. The van der Waals surface area contributed by atoms with Gasteiger partial charge < -0.3 is 14.2 Å². The van der Waals surface area contributed by atoms with Crippen LogP contribution in [0.4, 0.5) is 0 Å².